The van der Waals surface area contributed by atoms with E-state index in [2.05, 4.69) is 32.7 Å². The van der Waals surface area contributed by atoms with Gasteiger partial charge in [-0.25, -0.2) is 4.79 Å². The molecule has 0 saturated carbocycles. The van der Waals surface area contributed by atoms with Crippen molar-refractivity contribution in [1.82, 2.24) is 10.2 Å². The van der Waals surface area contributed by atoms with Crippen molar-refractivity contribution in [2.75, 3.05) is 17.2 Å². The van der Waals surface area contributed by atoms with E-state index in [9.17, 15) is 4.79 Å². The molecular formula is C21H22N4O2. The molecule has 0 spiro atoms. The Balaban J connectivity index is 1.68. The first-order chi connectivity index (χ1) is 13.1. The summed E-state index contributed by atoms with van der Waals surface area (Å²) in [5, 5.41) is 13.5. The molecule has 3 rings (SSSR count). The Morgan fingerprint density at radius 3 is 2.78 bits per heavy atom. The quantitative estimate of drug-likeness (QED) is 0.593. The summed E-state index contributed by atoms with van der Waals surface area (Å²) in [4.78, 5) is 12.3. The first-order valence-corrected chi connectivity index (χ1v) is 8.78. The van der Waals surface area contributed by atoms with Crippen LogP contribution in [0.1, 0.15) is 24.5 Å². The molecule has 0 aliphatic carbocycles. The molecule has 0 saturated heterocycles. The van der Waals surface area contributed by atoms with Crippen molar-refractivity contribution in [2.45, 2.75) is 27.2 Å². The molecule has 0 unspecified atom stereocenters. The van der Waals surface area contributed by atoms with Gasteiger partial charge in [0.05, 0.1) is 5.52 Å². The number of nitrogens with one attached hydrogen (secondary N) is 3. The zero-order valence-corrected chi connectivity index (χ0v) is 15.6. The fraction of sp³-hybridized carbons (Fsp3) is 0.238. The first kappa shape index (κ1) is 18.3. The number of urea groups is 1. The number of aryl methyl sites for hydroxylation is 2. The van der Waals surface area contributed by atoms with Crippen LogP contribution in [0.25, 0.3) is 10.9 Å². The zero-order chi connectivity index (χ0) is 19.2. The van der Waals surface area contributed by atoms with E-state index in [1.807, 2.05) is 57.2 Å². The van der Waals surface area contributed by atoms with Gasteiger partial charge < -0.3 is 10.1 Å². The van der Waals surface area contributed by atoms with Crippen molar-refractivity contribution in [2.24, 2.45) is 0 Å². The van der Waals surface area contributed by atoms with Gasteiger partial charge in [-0.1, -0.05) is 30.5 Å². The monoisotopic (exact) mass is 362 g/mol. The highest BCUT2D eigenvalue weighted by molar-refractivity contribution is 6.04. The number of benzene rings is 2. The molecule has 1 heterocycles. The van der Waals surface area contributed by atoms with Crippen LogP contribution < -0.4 is 15.4 Å². The summed E-state index contributed by atoms with van der Waals surface area (Å²) in [6.45, 7) is 6.31. The molecule has 2 aromatic carbocycles. The van der Waals surface area contributed by atoms with Gasteiger partial charge >= 0.3 is 6.03 Å². The summed E-state index contributed by atoms with van der Waals surface area (Å²) < 4.78 is 5.59. The highest BCUT2D eigenvalue weighted by Crippen LogP contribution is 2.25. The zero-order valence-electron chi connectivity index (χ0n) is 15.6. The maximum Gasteiger partial charge on any atom is 0.324 e. The van der Waals surface area contributed by atoms with Gasteiger partial charge in [0.1, 0.15) is 12.4 Å². The molecule has 2 amide bonds. The standard InChI is InChI=1S/C21H22N4O2/c1-4-5-6-11-27-16-8-9-17-19(13-16)24-25-20(17)23-21(26)22-18-10-7-14(2)12-15(18)3/h7-10,12-13H,4,11H2,1-3H3,(H3,22,23,24,25,26). The van der Waals surface area contributed by atoms with Gasteiger partial charge in [0.25, 0.3) is 0 Å². The minimum Gasteiger partial charge on any atom is -0.481 e. The van der Waals surface area contributed by atoms with E-state index in [1.165, 1.54) is 0 Å². The Hall–Kier alpha value is -3.46. The Morgan fingerprint density at radius 1 is 1.15 bits per heavy atom. The number of aromatic amines is 1. The Labute approximate surface area is 158 Å². The topological polar surface area (TPSA) is 79.0 Å². The summed E-state index contributed by atoms with van der Waals surface area (Å²) in [5.74, 6) is 7.05. The number of nitrogens with zero attached hydrogens (tertiary/aromatic N) is 1. The van der Waals surface area contributed by atoms with Gasteiger partial charge in [0.15, 0.2) is 5.82 Å². The molecule has 0 aliphatic heterocycles. The van der Waals surface area contributed by atoms with Crippen molar-refractivity contribution in [3.8, 4) is 17.6 Å². The van der Waals surface area contributed by atoms with Gasteiger partial charge in [0, 0.05) is 23.6 Å². The van der Waals surface area contributed by atoms with Crippen molar-refractivity contribution >= 4 is 28.4 Å². The Bertz CT molecular complexity index is 1030. The Kier molecular flexibility index (Phi) is 5.62. The summed E-state index contributed by atoms with van der Waals surface area (Å²) in [6, 6.07) is 11.0. The van der Waals surface area contributed by atoms with Crippen molar-refractivity contribution in [3.63, 3.8) is 0 Å². The minimum atomic E-state index is -0.342. The van der Waals surface area contributed by atoms with E-state index < -0.39 is 0 Å². The van der Waals surface area contributed by atoms with Gasteiger partial charge in [-0.15, -0.1) is 5.92 Å². The molecule has 0 bridgehead atoms. The first-order valence-electron chi connectivity index (χ1n) is 8.78. The predicted octanol–water partition coefficient (Wildman–Crippen LogP) is 4.62. The van der Waals surface area contributed by atoms with Gasteiger partial charge in [0.2, 0.25) is 0 Å². The fourth-order valence-corrected chi connectivity index (χ4v) is 2.69. The number of aromatic nitrogens is 2. The lowest BCUT2D eigenvalue weighted by molar-refractivity contribution is 0.262. The molecule has 1 aromatic heterocycles. The summed E-state index contributed by atoms with van der Waals surface area (Å²) >= 11 is 0. The molecule has 3 aromatic rings. The third-order valence-electron chi connectivity index (χ3n) is 4.01. The van der Waals surface area contributed by atoms with E-state index in [4.69, 9.17) is 4.74 Å². The number of ether oxygens (including phenoxy) is 1. The number of hydrogen-bond acceptors (Lipinski definition) is 3. The van der Waals surface area contributed by atoms with Crippen LogP contribution in [0.4, 0.5) is 16.3 Å². The number of fused-ring (bicyclic) bond motifs is 1. The van der Waals surface area contributed by atoms with E-state index in [0.29, 0.717) is 18.2 Å². The lowest BCUT2D eigenvalue weighted by Gasteiger charge is -2.09. The molecule has 27 heavy (non-hydrogen) atoms. The molecule has 0 atom stereocenters. The van der Waals surface area contributed by atoms with Crippen molar-refractivity contribution in [1.29, 1.82) is 0 Å². The van der Waals surface area contributed by atoms with Crippen molar-refractivity contribution in [3.05, 3.63) is 47.5 Å². The number of hydrogen-bond donors (Lipinski definition) is 3. The van der Waals surface area contributed by atoms with Crippen LogP contribution in [-0.2, 0) is 0 Å². The highest BCUT2D eigenvalue weighted by atomic mass is 16.5. The Morgan fingerprint density at radius 2 is 2.00 bits per heavy atom. The third-order valence-corrected chi connectivity index (χ3v) is 4.01. The van der Waals surface area contributed by atoms with Crippen LogP contribution in [0.5, 0.6) is 5.75 Å². The minimum absolute atomic E-state index is 0.342. The second kappa shape index (κ2) is 8.28. The number of amides is 2. The van der Waals surface area contributed by atoms with E-state index >= 15 is 0 Å². The largest absolute Gasteiger partial charge is 0.481 e. The van der Waals surface area contributed by atoms with E-state index in [-0.39, 0.29) is 6.03 Å². The molecule has 0 fully saturated rings. The smallest absolute Gasteiger partial charge is 0.324 e. The van der Waals surface area contributed by atoms with Gasteiger partial charge in [-0.3, -0.25) is 10.4 Å². The van der Waals surface area contributed by atoms with E-state index in [1.54, 1.807) is 0 Å². The molecule has 0 radical (unpaired) electrons. The normalized spacial score (nSPS) is 10.2. The maximum atomic E-state index is 12.3. The lowest BCUT2D eigenvalue weighted by atomic mass is 10.1. The van der Waals surface area contributed by atoms with Crippen molar-refractivity contribution < 1.29 is 9.53 Å². The molecule has 3 N–H and O–H groups in total. The van der Waals surface area contributed by atoms with Crippen LogP contribution in [-0.4, -0.2) is 22.8 Å². The second-order valence-electron chi connectivity index (χ2n) is 6.17. The average molecular weight is 362 g/mol. The van der Waals surface area contributed by atoms with Crippen LogP contribution in [0.15, 0.2) is 36.4 Å². The van der Waals surface area contributed by atoms with Gasteiger partial charge in [-0.05, 0) is 37.6 Å². The molecule has 6 heteroatoms. The molecular weight excluding hydrogens is 340 g/mol. The maximum absolute atomic E-state index is 12.3. The molecule has 6 nitrogen and oxygen atoms in total. The fourth-order valence-electron chi connectivity index (χ4n) is 2.69. The number of carbonyl (C=O) groups is 1. The number of H-pyrrole nitrogens is 1. The van der Waals surface area contributed by atoms with Crippen LogP contribution in [0, 0.1) is 25.7 Å². The van der Waals surface area contributed by atoms with Crippen LogP contribution in [0.2, 0.25) is 0 Å². The summed E-state index contributed by atoms with van der Waals surface area (Å²) in [7, 11) is 0. The number of rotatable bonds is 4. The van der Waals surface area contributed by atoms with Crippen LogP contribution >= 0.6 is 0 Å². The second-order valence-corrected chi connectivity index (χ2v) is 6.17. The molecule has 0 aliphatic rings. The van der Waals surface area contributed by atoms with Gasteiger partial charge in [-0.2, -0.15) is 5.10 Å². The highest BCUT2D eigenvalue weighted by Gasteiger charge is 2.11. The lowest BCUT2D eigenvalue weighted by Crippen LogP contribution is -2.20. The van der Waals surface area contributed by atoms with E-state index in [0.717, 1.165) is 34.1 Å². The number of carbonyl (C=O) groups excluding carboxylic acids is 1. The van der Waals surface area contributed by atoms with Crippen LogP contribution in [0.3, 0.4) is 0 Å². The predicted molar refractivity (Wildman–Crippen MR) is 108 cm³/mol. The average Bonchev–Trinajstić information content (AvgIpc) is 3.03. The molecule has 138 valence electrons. The third kappa shape index (κ3) is 4.59. The summed E-state index contributed by atoms with van der Waals surface area (Å²) in [5.41, 5.74) is 3.69. The SMILES string of the molecule is CCC#CCOc1ccc2c(NC(=O)Nc3ccc(C)cc3C)n[nH]c2c1. The summed E-state index contributed by atoms with van der Waals surface area (Å²) in [6.07, 6.45) is 0.808. The number of anilines is 2.